The third kappa shape index (κ3) is 16.7. The molecule has 0 aliphatic carbocycles. The zero-order valence-corrected chi connectivity index (χ0v) is 12.9. The molecule has 0 saturated carbocycles. The van der Waals surface area contributed by atoms with Crippen LogP contribution in [0.5, 0.6) is 0 Å². The minimum absolute atomic E-state index is 0.299. The van der Waals surface area contributed by atoms with Crippen molar-refractivity contribution in [1.29, 1.82) is 0 Å². The molecule has 114 valence electrons. The highest BCUT2D eigenvalue weighted by molar-refractivity contribution is 5.66. The summed E-state index contributed by atoms with van der Waals surface area (Å²) in [6.45, 7) is 2.15. The Labute approximate surface area is 124 Å². The summed E-state index contributed by atoms with van der Waals surface area (Å²) in [6.07, 6.45) is 23.4. The van der Waals surface area contributed by atoms with Gasteiger partial charge in [-0.3, -0.25) is 4.79 Å². The maximum Gasteiger partial charge on any atom is 0.303 e. The second-order valence-corrected chi connectivity index (χ2v) is 4.98. The van der Waals surface area contributed by atoms with E-state index in [1.807, 2.05) is 0 Å². The summed E-state index contributed by atoms with van der Waals surface area (Å²) in [7, 11) is 0. The number of carboxylic acid groups (broad SMARTS) is 1. The number of hydrogen-bond acceptors (Lipinski definition) is 1. The lowest BCUT2D eigenvalue weighted by Crippen LogP contribution is -1.92. The van der Waals surface area contributed by atoms with E-state index in [4.69, 9.17) is 5.11 Å². The molecular weight excluding hydrogens is 248 g/mol. The summed E-state index contributed by atoms with van der Waals surface area (Å²) < 4.78 is 0. The van der Waals surface area contributed by atoms with Crippen LogP contribution in [0, 0.1) is 0 Å². The average Bonchev–Trinajstić information content (AvgIpc) is 2.43. The predicted octanol–water partition coefficient (Wildman–Crippen LogP) is 5.66. The van der Waals surface area contributed by atoms with E-state index < -0.39 is 5.97 Å². The molecule has 0 saturated heterocycles. The minimum Gasteiger partial charge on any atom is -0.481 e. The van der Waals surface area contributed by atoms with Crippen LogP contribution in [0.25, 0.3) is 0 Å². The molecule has 1 N–H and O–H groups in total. The summed E-state index contributed by atoms with van der Waals surface area (Å²) in [4.78, 5) is 10.3. The highest BCUT2D eigenvalue weighted by Gasteiger charge is 1.94. The fourth-order valence-electron chi connectivity index (χ4n) is 1.85. The highest BCUT2D eigenvalue weighted by Crippen LogP contribution is 2.05. The third-order valence-corrected chi connectivity index (χ3v) is 3.01. The van der Waals surface area contributed by atoms with Crippen molar-refractivity contribution in [2.75, 3.05) is 0 Å². The Kier molecular flexibility index (Phi) is 14.7. The number of aliphatic carboxylic acids is 1. The summed E-state index contributed by atoms with van der Waals surface area (Å²) in [5, 5.41) is 8.49. The van der Waals surface area contributed by atoms with Gasteiger partial charge in [0.1, 0.15) is 0 Å². The van der Waals surface area contributed by atoms with Gasteiger partial charge in [-0.15, -0.1) is 0 Å². The normalized spacial score (nSPS) is 12.1. The number of hydrogen-bond donors (Lipinski definition) is 1. The lowest BCUT2D eigenvalue weighted by atomic mass is 10.1. The van der Waals surface area contributed by atoms with Gasteiger partial charge < -0.3 is 5.11 Å². The van der Waals surface area contributed by atoms with Gasteiger partial charge in [-0.1, -0.05) is 43.4 Å². The predicted molar refractivity (Wildman–Crippen MR) is 86.9 cm³/mol. The average molecular weight is 278 g/mol. The van der Waals surface area contributed by atoms with E-state index in [1.54, 1.807) is 0 Å². The Morgan fingerprint density at radius 1 is 0.800 bits per heavy atom. The third-order valence-electron chi connectivity index (χ3n) is 3.01. The lowest BCUT2D eigenvalue weighted by molar-refractivity contribution is -0.137. The SMILES string of the molecule is CCC=CCC=CCCCCC=CCCCCC(=O)O. The fourth-order valence-corrected chi connectivity index (χ4v) is 1.85. The molecule has 0 aliphatic rings. The van der Waals surface area contributed by atoms with Crippen molar-refractivity contribution < 1.29 is 9.90 Å². The molecule has 0 fully saturated rings. The molecule has 0 spiro atoms. The van der Waals surface area contributed by atoms with Crippen molar-refractivity contribution in [3.63, 3.8) is 0 Å². The molecule has 0 rings (SSSR count). The molecule has 2 nitrogen and oxygen atoms in total. The smallest absolute Gasteiger partial charge is 0.303 e. The van der Waals surface area contributed by atoms with Crippen LogP contribution < -0.4 is 0 Å². The van der Waals surface area contributed by atoms with Crippen molar-refractivity contribution in [3.8, 4) is 0 Å². The van der Waals surface area contributed by atoms with Gasteiger partial charge in [0, 0.05) is 6.42 Å². The first-order chi connectivity index (χ1) is 9.77. The molecule has 0 aromatic carbocycles. The monoisotopic (exact) mass is 278 g/mol. The molecule has 2 heteroatoms. The molecule has 0 aromatic heterocycles. The van der Waals surface area contributed by atoms with E-state index in [0.29, 0.717) is 6.42 Å². The van der Waals surface area contributed by atoms with E-state index in [1.165, 1.54) is 19.3 Å². The van der Waals surface area contributed by atoms with Crippen molar-refractivity contribution in [1.82, 2.24) is 0 Å². The Morgan fingerprint density at radius 2 is 1.30 bits per heavy atom. The number of carboxylic acids is 1. The van der Waals surface area contributed by atoms with Crippen LogP contribution in [-0.4, -0.2) is 11.1 Å². The number of carbonyl (C=O) groups is 1. The van der Waals surface area contributed by atoms with Crippen molar-refractivity contribution in [2.24, 2.45) is 0 Å². The lowest BCUT2D eigenvalue weighted by Gasteiger charge is -1.95. The molecule has 0 amide bonds. The Hall–Kier alpha value is -1.31. The molecule has 0 unspecified atom stereocenters. The fraction of sp³-hybridized carbons (Fsp3) is 0.611. The van der Waals surface area contributed by atoms with Crippen LogP contribution in [0.1, 0.15) is 71.1 Å². The second-order valence-electron chi connectivity index (χ2n) is 4.98. The summed E-state index contributed by atoms with van der Waals surface area (Å²) in [5.74, 6) is -0.688. The first-order valence-electron chi connectivity index (χ1n) is 7.94. The van der Waals surface area contributed by atoms with Crippen LogP contribution >= 0.6 is 0 Å². The molecule has 20 heavy (non-hydrogen) atoms. The molecule has 0 aromatic rings. The molecule has 0 aliphatic heterocycles. The second kappa shape index (κ2) is 15.7. The van der Waals surface area contributed by atoms with Crippen molar-refractivity contribution >= 4 is 5.97 Å². The van der Waals surface area contributed by atoms with Gasteiger partial charge in [-0.05, 0) is 57.8 Å². The molecule has 0 atom stereocenters. The summed E-state index contributed by atoms with van der Waals surface area (Å²) in [6, 6.07) is 0. The van der Waals surface area contributed by atoms with Gasteiger partial charge in [0.2, 0.25) is 0 Å². The largest absolute Gasteiger partial charge is 0.481 e. The van der Waals surface area contributed by atoms with E-state index >= 15 is 0 Å². The quantitative estimate of drug-likeness (QED) is 0.348. The molecule has 0 bridgehead atoms. The van der Waals surface area contributed by atoms with Gasteiger partial charge in [0.15, 0.2) is 0 Å². The van der Waals surface area contributed by atoms with Gasteiger partial charge >= 0.3 is 5.97 Å². The van der Waals surface area contributed by atoms with Gasteiger partial charge in [0.05, 0.1) is 0 Å². The van der Waals surface area contributed by atoms with E-state index in [2.05, 4.69) is 43.4 Å². The van der Waals surface area contributed by atoms with E-state index in [9.17, 15) is 4.79 Å². The Morgan fingerprint density at radius 3 is 1.85 bits per heavy atom. The number of allylic oxidation sites excluding steroid dienone is 6. The number of unbranched alkanes of at least 4 members (excludes halogenated alkanes) is 5. The molecule has 0 radical (unpaired) electrons. The Bertz CT molecular complexity index is 301. The van der Waals surface area contributed by atoms with Crippen molar-refractivity contribution in [3.05, 3.63) is 36.5 Å². The van der Waals surface area contributed by atoms with Crippen LogP contribution in [0.3, 0.4) is 0 Å². The van der Waals surface area contributed by atoms with Crippen LogP contribution in [0.15, 0.2) is 36.5 Å². The summed E-state index contributed by atoms with van der Waals surface area (Å²) >= 11 is 0. The van der Waals surface area contributed by atoms with Gasteiger partial charge in [-0.25, -0.2) is 0 Å². The van der Waals surface area contributed by atoms with Crippen molar-refractivity contribution in [2.45, 2.75) is 71.1 Å². The zero-order chi connectivity index (χ0) is 14.9. The first-order valence-corrected chi connectivity index (χ1v) is 7.94. The van der Waals surface area contributed by atoms with E-state index in [0.717, 1.165) is 38.5 Å². The van der Waals surface area contributed by atoms with Gasteiger partial charge in [0.25, 0.3) is 0 Å². The maximum absolute atomic E-state index is 10.3. The maximum atomic E-state index is 10.3. The first kappa shape index (κ1) is 18.7. The standard InChI is InChI=1S/C18H30O2/c1-2-3-4-5-6-7-8-9-10-11-12-13-14-15-16-17-18(19)20/h3-4,6-7,12-13H,2,5,8-11,14-17H2,1H3,(H,19,20). The van der Waals surface area contributed by atoms with Crippen LogP contribution in [-0.2, 0) is 4.79 Å². The van der Waals surface area contributed by atoms with Gasteiger partial charge in [-0.2, -0.15) is 0 Å². The molecule has 0 heterocycles. The minimum atomic E-state index is -0.688. The highest BCUT2D eigenvalue weighted by atomic mass is 16.4. The topological polar surface area (TPSA) is 37.3 Å². The summed E-state index contributed by atoms with van der Waals surface area (Å²) in [5.41, 5.74) is 0. The molecular formula is C18H30O2. The van der Waals surface area contributed by atoms with Crippen LogP contribution in [0.2, 0.25) is 0 Å². The number of rotatable bonds is 13. The Balaban J connectivity index is 3.23. The van der Waals surface area contributed by atoms with E-state index in [-0.39, 0.29) is 0 Å². The van der Waals surface area contributed by atoms with Crippen LogP contribution in [0.4, 0.5) is 0 Å². The zero-order valence-electron chi connectivity index (χ0n) is 12.9.